The van der Waals surface area contributed by atoms with E-state index >= 15 is 0 Å². The van der Waals surface area contributed by atoms with Crippen molar-refractivity contribution in [3.63, 3.8) is 0 Å². The standard InChI is InChI=1S/C24H24F3N5O/c1-14-12-32(20-10-22(33)30(4)19-7-8-21(28-3)29-23(19)20)15(2)11-31(14)13-16-5-6-17(25)9-18(16)24(26)27/h5-10,14-15,24H,11-13H2,1-2,4H3/t14-,15+/m1/s1. The molecule has 1 aliphatic rings. The molecule has 172 valence electrons. The number of benzene rings is 1. The number of aryl methyl sites for hydroxylation is 1. The summed E-state index contributed by atoms with van der Waals surface area (Å²) < 4.78 is 41.9. The Balaban J connectivity index is 1.66. The van der Waals surface area contributed by atoms with Gasteiger partial charge in [0.05, 0.1) is 11.2 Å². The second kappa shape index (κ2) is 8.87. The normalized spacial score (nSPS) is 19.3. The minimum Gasteiger partial charge on any atom is -0.362 e. The van der Waals surface area contributed by atoms with Gasteiger partial charge in [-0.25, -0.2) is 13.2 Å². The molecule has 0 unspecified atom stereocenters. The SMILES string of the molecule is [C-]#[N+]c1ccc2c(n1)c(N1C[C@@H](C)N(Cc3ccc(F)cc3C(F)F)C[C@@H]1C)cc(=O)n2C. The summed E-state index contributed by atoms with van der Waals surface area (Å²) in [7, 11) is 1.67. The number of rotatable bonds is 4. The Hall–Kier alpha value is -3.38. The molecule has 6 nitrogen and oxygen atoms in total. The van der Waals surface area contributed by atoms with E-state index in [4.69, 9.17) is 6.57 Å². The molecule has 1 fully saturated rings. The van der Waals surface area contributed by atoms with Gasteiger partial charge in [-0.05, 0) is 43.7 Å². The maximum absolute atomic E-state index is 13.5. The number of halogens is 3. The molecule has 1 aromatic carbocycles. The van der Waals surface area contributed by atoms with E-state index in [9.17, 15) is 18.0 Å². The number of nitrogens with zero attached hydrogens (tertiary/aromatic N) is 5. The fourth-order valence-electron chi connectivity index (χ4n) is 4.47. The van der Waals surface area contributed by atoms with Gasteiger partial charge in [-0.3, -0.25) is 9.69 Å². The quantitative estimate of drug-likeness (QED) is 0.537. The van der Waals surface area contributed by atoms with Crippen molar-refractivity contribution < 1.29 is 13.2 Å². The van der Waals surface area contributed by atoms with E-state index in [2.05, 4.69) is 19.6 Å². The van der Waals surface area contributed by atoms with E-state index in [1.165, 1.54) is 22.8 Å². The Morgan fingerprint density at radius 1 is 1.15 bits per heavy atom. The molecular formula is C24H24F3N5O. The Morgan fingerprint density at radius 2 is 1.91 bits per heavy atom. The molecule has 0 saturated carbocycles. The predicted octanol–water partition coefficient (Wildman–Crippen LogP) is 4.66. The molecule has 9 heteroatoms. The van der Waals surface area contributed by atoms with Crippen LogP contribution < -0.4 is 10.5 Å². The van der Waals surface area contributed by atoms with Crippen LogP contribution in [0.3, 0.4) is 0 Å². The van der Waals surface area contributed by atoms with Gasteiger partial charge in [-0.2, -0.15) is 0 Å². The molecular weight excluding hydrogens is 431 g/mol. The van der Waals surface area contributed by atoms with E-state index in [0.717, 1.165) is 6.07 Å². The number of hydrogen-bond donors (Lipinski definition) is 0. The molecule has 3 aromatic rings. The van der Waals surface area contributed by atoms with Crippen LogP contribution in [-0.2, 0) is 13.6 Å². The third-order valence-corrected chi connectivity index (χ3v) is 6.31. The lowest BCUT2D eigenvalue weighted by atomic mass is 10.0. The average Bonchev–Trinajstić information content (AvgIpc) is 2.79. The van der Waals surface area contributed by atoms with Gasteiger partial charge in [0, 0.05) is 50.4 Å². The monoisotopic (exact) mass is 455 g/mol. The smallest absolute Gasteiger partial charge is 0.270 e. The molecule has 0 aliphatic carbocycles. The summed E-state index contributed by atoms with van der Waals surface area (Å²) in [5.41, 5.74) is 1.82. The lowest BCUT2D eigenvalue weighted by molar-refractivity contribution is 0.138. The average molecular weight is 455 g/mol. The number of aromatic nitrogens is 2. The Labute approximate surface area is 189 Å². The molecule has 2 atom stereocenters. The van der Waals surface area contributed by atoms with Crippen LogP contribution in [0.5, 0.6) is 0 Å². The maximum Gasteiger partial charge on any atom is 0.270 e. The lowest BCUT2D eigenvalue weighted by Crippen LogP contribution is -2.56. The minimum absolute atomic E-state index is 0.0278. The third-order valence-electron chi connectivity index (χ3n) is 6.31. The number of alkyl halides is 2. The Kier molecular flexibility index (Phi) is 6.13. The molecule has 1 aliphatic heterocycles. The first-order chi connectivity index (χ1) is 15.7. The van der Waals surface area contributed by atoms with Crippen LogP contribution in [0.15, 0.2) is 41.2 Å². The van der Waals surface area contributed by atoms with Crippen molar-refractivity contribution >= 4 is 22.5 Å². The van der Waals surface area contributed by atoms with Gasteiger partial charge in [0.25, 0.3) is 17.8 Å². The van der Waals surface area contributed by atoms with Crippen molar-refractivity contribution in [1.82, 2.24) is 14.5 Å². The van der Waals surface area contributed by atoms with E-state index < -0.39 is 12.2 Å². The second-order valence-corrected chi connectivity index (χ2v) is 8.50. The summed E-state index contributed by atoms with van der Waals surface area (Å²) in [6.45, 7) is 12.7. The van der Waals surface area contributed by atoms with Crippen molar-refractivity contribution in [2.45, 2.75) is 38.9 Å². The van der Waals surface area contributed by atoms with Crippen LogP contribution in [0.25, 0.3) is 15.9 Å². The number of piperazine rings is 1. The molecule has 3 heterocycles. The first kappa shape index (κ1) is 22.8. The van der Waals surface area contributed by atoms with Gasteiger partial charge in [0.2, 0.25) is 5.52 Å². The molecule has 4 rings (SSSR count). The highest BCUT2D eigenvalue weighted by Gasteiger charge is 2.32. The second-order valence-electron chi connectivity index (χ2n) is 8.50. The summed E-state index contributed by atoms with van der Waals surface area (Å²) >= 11 is 0. The van der Waals surface area contributed by atoms with Gasteiger partial charge in [-0.15, -0.1) is 4.98 Å². The minimum atomic E-state index is -2.75. The van der Waals surface area contributed by atoms with Crippen LogP contribution in [0.4, 0.5) is 24.7 Å². The highest BCUT2D eigenvalue weighted by atomic mass is 19.3. The molecule has 2 aromatic heterocycles. The van der Waals surface area contributed by atoms with E-state index in [-0.39, 0.29) is 35.6 Å². The molecule has 0 spiro atoms. The zero-order valence-corrected chi connectivity index (χ0v) is 18.6. The molecule has 0 radical (unpaired) electrons. The van der Waals surface area contributed by atoms with Crippen LogP contribution >= 0.6 is 0 Å². The molecule has 33 heavy (non-hydrogen) atoms. The highest BCUT2D eigenvalue weighted by Crippen LogP contribution is 2.31. The Morgan fingerprint density at radius 3 is 2.61 bits per heavy atom. The van der Waals surface area contributed by atoms with Crippen LogP contribution in [0.1, 0.15) is 31.4 Å². The van der Waals surface area contributed by atoms with Crippen molar-refractivity contribution in [1.29, 1.82) is 0 Å². The lowest BCUT2D eigenvalue weighted by Gasteiger charge is -2.45. The van der Waals surface area contributed by atoms with E-state index in [0.29, 0.717) is 35.4 Å². The van der Waals surface area contributed by atoms with Crippen LogP contribution in [0.2, 0.25) is 0 Å². The summed E-state index contributed by atoms with van der Waals surface area (Å²) in [4.78, 5) is 24.7. The van der Waals surface area contributed by atoms with E-state index in [1.54, 1.807) is 19.2 Å². The van der Waals surface area contributed by atoms with Crippen LogP contribution in [-0.4, -0.2) is 39.6 Å². The number of anilines is 1. The molecule has 0 N–H and O–H groups in total. The summed E-state index contributed by atoms with van der Waals surface area (Å²) in [5, 5.41) is 0. The highest BCUT2D eigenvalue weighted by molar-refractivity contribution is 5.89. The van der Waals surface area contributed by atoms with Crippen molar-refractivity contribution in [3.8, 4) is 0 Å². The topological polar surface area (TPSA) is 45.7 Å². The zero-order chi connectivity index (χ0) is 23.9. The molecule has 0 amide bonds. The molecule has 0 bridgehead atoms. The summed E-state index contributed by atoms with van der Waals surface area (Å²) in [6.07, 6.45) is -2.75. The largest absolute Gasteiger partial charge is 0.362 e. The van der Waals surface area contributed by atoms with Crippen molar-refractivity contribution in [2.24, 2.45) is 7.05 Å². The van der Waals surface area contributed by atoms with Gasteiger partial charge in [-0.1, -0.05) is 12.6 Å². The van der Waals surface area contributed by atoms with Gasteiger partial charge < -0.3 is 14.3 Å². The van der Waals surface area contributed by atoms with Gasteiger partial charge in [0.15, 0.2) is 0 Å². The van der Waals surface area contributed by atoms with Crippen molar-refractivity contribution in [2.75, 3.05) is 18.0 Å². The number of hydrogen-bond acceptors (Lipinski definition) is 4. The maximum atomic E-state index is 13.5. The van der Waals surface area contributed by atoms with Gasteiger partial charge >= 0.3 is 0 Å². The van der Waals surface area contributed by atoms with Gasteiger partial charge in [0.1, 0.15) is 5.82 Å². The first-order valence-corrected chi connectivity index (χ1v) is 10.6. The van der Waals surface area contributed by atoms with Crippen molar-refractivity contribution in [3.05, 3.63) is 75.1 Å². The van der Waals surface area contributed by atoms with E-state index in [1.807, 2.05) is 13.8 Å². The fourth-order valence-corrected chi connectivity index (χ4v) is 4.47. The number of fused-ring (bicyclic) bond motifs is 1. The molecule has 1 saturated heterocycles. The fraction of sp³-hybridized carbons (Fsp3) is 0.375. The first-order valence-electron chi connectivity index (χ1n) is 10.6. The zero-order valence-electron chi connectivity index (χ0n) is 18.6. The summed E-state index contributed by atoms with van der Waals surface area (Å²) in [6, 6.07) is 8.30. The predicted molar refractivity (Wildman–Crippen MR) is 121 cm³/mol. The summed E-state index contributed by atoms with van der Waals surface area (Å²) in [5.74, 6) is -0.429. The van der Waals surface area contributed by atoms with Crippen LogP contribution in [0, 0.1) is 12.4 Å². The number of pyridine rings is 2. The third kappa shape index (κ3) is 4.31. The Bertz CT molecular complexity index is 1300.